The number of carbonyl (C=O) groups excluding carboxylic acids is 2. The van der Waals surface area contributed by atoms with Crippen LogP contribution in [-0.2, 0) is 21.4 Å². The van der Waals surface area contributed by atoms with E-state index in [9.17, 15) is 9.59 Å². The zero-order valence-corrected chi connectivity index (χ0v) is 20.1. The molecule has 0 aliphatic carbocycles. The number of hydrogen-bond acceptors (Lipinski definition) is 4. The van der Waals surface area contributed by atoms with Crippen LogP contribution in [0.4, 0.5) is 0 Å². The summed E-state index contributed by atoms with van der Waals surface area (Å²) < 4.78 is 0. The monoisotopic (exact) mass is 486 g/mol. The van der Waals surface area contributed by atoms with E-state index >= 15 is 0 Å². The van der Waals surface area contributed by atoms with Crippen LogP contribution in [0.25, 0.3) is 11.0 Å². The summed E-state index contributed by atoms with van der Waals surface area (Å²) in [6.07, 6.45) is 1.73. The Hall–Kier alpha value is -4.84. The summed E-state index contributed by atoms with van der Waals surface area (Å²) in [7, 11) is 0. The van der Waals surface area contributed by atoms with Crippen LogP contribution in [0.2, 0.25) is 0 Å². The summed E-state index contributed by atoms with van der Waals surface area (Å²) in [4.78, 5) is 36.1. The van der Waals surface area contributed by atoms with Crippen LogP contribution in [0.1, 0.15) is 22.4 Å². The van der Waals surface area contributed by atoms with Crippen molar-refractivity contribution >= 4 is 22.8 Å². The Balaban J connectivity index is 1.59. The number of aromatic nitrogens is 2. The van der Waals surface area contributed by atoms with Gasteiger partial charge in [-0.3, -0.25) is 14.6 Å². The van der Waals surface area contributed by atoms with Gasteiger partial charge in [-0.1, -0.05) is 103 Å². The summed E-state index contributed by atoms with van der Waals surface area (Å²) in [5.74, 6) is -1.000. The Morgan fingerprint density at radius 1 is 0.703 bits per heavy atom. The third-order valence-corrected chi connectivity index (χ3v) is 6.52. The van der Waals surface area contributed by atoms with Gasteiger partial charge in [0.2, 0.25) is 11.8 Å². The molecule has 1 heterocycles. The van der Waals surface area contributed by atoms with Crippen molar-refractivity contribution in [3.63, 3.8) is 0 Å². The Kier molecular flexibility index (Phi) is 6.72. The van der Waals surface area contributed by atoms with E-state index in [2.05, 4.69) is 15.3 Å². The van der Waals surface area contributed by atoms with Crippen molar-refractivity contribution in [3.05, 3.63) is 144 Å². The first kappa shape index (κ1) is 23.9. The molecule has 4 aromatic carbocycles. The maximum Gasteiger partial charge on any atom is 0.240 e. The molecule has 0 bridgehead atoms. The van der Waals surface area contributed by atoms with Crippen LogP contribution in [-0.4, -0.2) is 27.8 Å². The van der Waals surface area contributed by atoms with Crippen LogP contribution >= 0.6 is 0 Å². The lowest BCUT2D eigenvalue weighted by Crippen LogP contribution is -2.54. The van der Waals surface area contributed by atoms with Gasteiger partial charge < -0.3 is 11.1 Å². The molecule has 1 aromatic heterocycles. The van der Waals surface area contributed by atoms with E-state index in [4.69, 9.17) is 5.73 Å². The quantitative estimate of drug-likeness (QED) is 0.322. The lowest BCUT2D eigenvalue weighted by atomic mass is 9.68. The van der Waals surface area contributed by atoms with E-state index in [1.165, 1.54) is 0 Å². The minimum Gasteiger partial charge on any atom is -0.368 e. The Morgan fingerprint density at radius 2 is 1.16 bits per heavy atom. The molecule has 6 heteroatoms. The molecule has 0 radical (unpaired) electrons. The molecule has 0 unspecified atom stereocenters. The SMILES string of the molecule is NC(=O)[C@H](Cc1cnc2ccccc2n1)NC(=O)C(c1ccccc1)(c1ccccc1)c1ccccc1. The molecule has 0 spiro atoms. The molecule has 0 aliphatic heterocycles. The molecule has 0 aliphatic rings. The molecule has 182 valence electrons. The highest BCUT2D eigenvalue weighted by Crippen LogP contribution is 2.39. The fraction of sp³-hybridized carbons (Fsp3) is 0.0968. The Labute approximate surface area is 215 Å². The van der Waals surface area contributed by atoms with Crippen molar-refractivity contribution in [2.24, 2.45) is 5.73 Å². The second-order valence-electron chi connectivity index (χ2n) is 8.83. The highest BCUT2D eigenvalue weighted by molar-refractivity contribution is 5.98. The first-order valence-corrected chi connectivity index (χ1v) is 12.1. The number of hydrogen-bond donors (Lipinski definition) is 2. The van der Waals surface area contributed by atoms with Gasteiger partial charge in [0.25, 0.3) is 0 Å². The molecule has 0 saturated carbocycles. The van der Waals surface area contributed by atoms with Gasteiger partial charge in [-0.25, -0.2) is 4.98 Å². The number of nitrogens with one attached hydrogen (secondary N) is 1. The number of primary amides is 1. The van der Waals surface area contributed by atoms with Crippen LogP contribution < -0.4 is 11.1 Å². The van der Waals surface area contributed by atoms with Gasteiger partial charge in [-0.05, 0) is 28.8 Å². The van der Waals surface area contributed by atoms with Gasteiger partial charge in [0, 0.05) is 12.6 Å². The zero-order chi connectivity index (χ0) is 25.7. The van der Waals surface area contributed by atoms with Crippen molar-refractivity contribution in [1.82, 2.24) is 15.3 Å². The minimum absolute atomic E-state index is 0.118. The van der Waals surface area contributed by atoms with Crippen LogP contribution in [0.15, 0.2) is 121 Å². The van der Waals surface area contributed by atoms with Gasteiger partial charge in [0.1, 0.15) is 11.5 Å². The summed E-state index contributed by atoms with van der Waals surface area (Å²) in [6, 6.07) is 35.2. The summed E-state index contributed by atoms with van der Waals surface area (Å²) in [6.45, 7) is 0. The molecular formula is C31H26N4O2. The second kappa shape index (κ2) is 10.4. The van der Waals surface area contributed by atoms with Crippen molar-refractivity contribution in [3.8, 4) is 0 Å². The number of nitrogens with zero attached hydrogens (tertiary/aromatic N) is 2. The van der Waals surface area contributed by atoms with Gasteiger partial charge in [-0.2, -0.15) is 0 Å². The van der Waals surface area contributed by atoms with Gasteiger partial charge in [-0.15, -0.1) is 0 Å². The largest absolute Gasteiger partial charge is 0.368 e. The molecule has 5 rings (SSSR count). The van der Waals surface area contributed by atoms with Crippen LogP contribution in [0, 0.1) is 0 Å². The Bertz CT molecular complexity index is 1430. The highest BCUT2D eigenvalue weighted by Gasteiger charge is 2.44. The molecule has 6 nitrogen and oxygen atoms in total. The number of carbonyl (C=O) groups is 2. The molecular weight excluding hydrogens is 460 g/mol. The number of amides is 2. The third kappa shape index (κ3) is 4.69. The normalized spacial score (nSPS) is 12.1. The summed E-state index contributed by atoms with van der Waals surface area (Å²) in [5.41, 5.74) is 8.94. The average molecular weight is 487 g/mol. The predicted molar refractivity (Wildman–Crippen MR) is 144 cm³/mol. The average Bonchev–Trinajstić information content (AvgIpc) is 2.95. The first-order valence-electron chi connectivity index (χ1n) is 12.1. The van der Waals surface area contributed by atoms with Crippen LogP contribution in [0.3, 0.4) is 0 Å². The second-order valence-corrected chi connectivity index (χ2v) is 8.83. The number of nitrogens with two attached hydrogens (primary N) is 1. The van der Waals surface area contributed by atoms with Crippen molar-refractivity contribution in [2.75, 3.05) is 0 Å². The number of para-hydroxylation sites is 2. The lowest BCUT2D eigenvalue weighted by Gasteiger charge is -2.35. The fourth-order valence-corrected chi connectivity index (χ4v) is 4.75. The third-order valence-electron chi connectivity index (χ3n) is 6.52. The summed E-state index contributed by atoms with van der Waals surface area (Å²) in [5, 5.41) is 2.97. The molecule has 2 amide bonds. The predicted octanol–water partition coefficient (Wildman–Crippen LogP) is 4.18. The van der Waals surface area contributed by atoms with E-state index in [1.54, 1.807) is 6.20 Å². The van der Waals surface area contributed by atoms with E-state index in [-0.39, 0.29) is 12.3 Å². The maximum atomic E-state index is 14.4. The van der Waals surface area contributed by atoms with Gasteiger partial charge >= 0.3 is 0 Å². The van der Waals surface area contributed by atoms with Crippen molar-refractivity contribution < 1.29 is 9.59 Å². The zero-order valence-electron chi connectivity index (χ0n) is 20.1. The van der Waals surface area contributed by atoms with Crippen molar-refractivity contribution in [1.29, 1.82) is 0 Å². The molecule has 1 atom stereocenters. The number of fused-ring (bicyclic) bond motifs is 1. The van der Waals surface area contributed by atoms with E-state index in [0.29, 0.717) is 11.2 Å². The highest BCUT2D eigenvalue weighted by atomic mass is 16.2. The van der Waals surface area contributed by atoms with E-state index in [1.807, 2.05) is 115 Å². The van der Waals surface area contributed by atoms with E-state index in [0.717, 1.165) is 22.2 Å². The van der Waals surface area contributed by atoms with Crippen molar-refractivity contribution in [2.45, 2.75) is 17.9 Å². The standard InChI is InChI=1S/C31H26N4O2/c32-29(36)28(20-25-21-33-26-18-10-11-19-27(26)34-25)35-30(37)31(22-12-4-1-5-13-22,23-14-6-2-7-15-23)24-16-8-3-9-17-24/h1-19,21,28H,20H2,(H2,32,36)(H,35,37)/t28-/m0/s1. The smallest absolute Gasteiger partial charge is 0.240 e. The number of benzene rings is 4. The fourth-order valence-electron chi connectivity index (χ4n) is 4.75. The molecule has 37 heavy (non-hydrogen) atoms. The van der Waals surface area contributed by atoms with Gasteiger partial charge in [0.05, 0.1) is 16.7 Å². The first-order chi connectivity index (χ1) is 18.1. The molecule has 0 saturated heterocycles. The maximum absolute atomic E-state index is 14.4. The van der Waals surface area contributed by atoms with Crippen LogP contribution in [0.5, 0.6) is 0 Å². The molecule has 0 fully saturated rings. The van der Waals surface area contributed by atoms with Gasteiger partial charge in [0.15, 0.2) is 0 Å². The Morgan fingerprint density at radius 3 is 1.65 bits per heavy atom. The lowest BCUT2D eigenvalue weighted by molar-refractivity contribution is -0.129. The summed E-state index contributed by atoms with van der Waals surface area (Å²) >= 11 is 0. The molecule has 3 N–H and O–H groups in total. The minimum atomic E-state index is -1.22. The number of rotatable bonds is 8. The topological polar surface area (TPSA) is 98.0 Å². The van der Waals surface area contributed by atoms with E-state index < -0.39 is 17.4 Å². The molecule has 5 aromatic rings.